The van der Waals surface area contributed by atoms with Gasteiger partial charge in [0.2, 0.25) is 0 Å². The van der Waals surface area contributed by atoms with E-state index >= 15 is 0 Å². The van der Waals surface area contributed by atoms with Crippen molar-refractivity contribution in [2.75, 3.05) is 0 Å². The Morgan fingerprint density at radius 2 is 2.19 bits per heavy atom. The first kappa shape index (κ1) is 12.4. The summed E-state index contributed by atoms with van der Waals surface area (Å²) in [6.07, 6.45) is 5.86. The standard InChI is InChI=1S/C13H12F2O/c1-3-5-9(4-2)13(16)11-8-10(14)6-7-12(11)15/h2-3,6-9,13,16H,1,5H2. The zero-order chi connectivity index (χ0) is 12.1. The van der Waals surface area contributed by atoms with Crippen LogP contribution >= 0.6 is 0 Å². The highest BCUT2D eigenvalue weighted by molar-refractivity contribution is 5.23. The van der Waals surface area contributed by atoms with Crippen LogP contribution in [0.25, 0.3) is 0 Å². The summed E-state index contributed by atoms with van der Waals surface area (Å²) in [5.41, 5.74) is -0.121. The van der Waals surface area contributed by atoms with Crippen LogP contribution in [-0.4, -0.2) is 5.11 Å². The molecule has 0 saturated carbocycles. The normalized spacial score (nSPS) is 13.9. The fourth-order valence-electron chi connectivity index (χ4n) is 1.43. The number of aliphatic hydroxyl groups is 1. The quantitative estimate of drug-likeness (QED) is 0.613. The number of terminal acetylenes is 1. The smallest absolute Gasteiger partial charge is 0.129 e. The summed E-state index contributed by atoms with van der Waals surface area (Å²) in [5.74, 6) is 0.460. The van der Waals surface area contributed by atoms with E-state index < -0.39 is 23.7 Å². The lowest BCUT2D eigenvalue weighted by molar-refractivity contribution is 0.132. The molecular formula is C13H12F2O. The number of hydrogen-bond donors (Lipinski definition) is 1. The molecule has 0 aliphatic heterocycles. The lowest BCUT2D eigenvalue weighted by Crippen LogP contribution is -2.12. The molecule has 84 valence electrons. The van der Waals surface area contributed by atoms with Crippen molar-refractivity contribution in [1.82, 2.24) is 0 Å². The van der Waals surface area contributed by atoms with E-state index in [0.717, 1.165) is 18.2 Å². The van der Waals surface area contributed by atoms with Crippen LogP contribution in [0.1, 0.15) is 18.1 Å². The Kier molecular flexibility index (Phi) is 4.21. The lowest BCUT2D eigenvalue weighted by Gasteiger charge is -2.17. The van der Waals surface area contributed by atoms with Gasteiger partial charge in [0, 0.05) is 5.56 Å². The average Bonchev–Trinajstić information content (AvgIpc) is 2.28. The maximum atomic E-state index is 13.3. The Balaban J connectivity index is 3.03. The minimum Gasteiger partial charge on any atom is -0.387 e. The number of allylic oxidation sites excluding steroid dienone is 1. The fraction of sp³-hybridized carbons (Fsp3) is 0.231. The molecule has 2 unspecified atom stereocenters. The van der Waals surface area contributed by atoms with Gasteiger partial charge in [0.25, 0.3) is 0 Å². The highest BCUT2D eigenvalue weighted by Crippen LogP contribution is 2.27. The number of halogens is 2. The van der Waals surface area contributed by atoms with E-state index in [2.05, 4.69) is 12.5 Å². The molecule has 0 heterocycles. The van der Waals surface area contributed by atoms with Crippen LogP contribution < -0.4 is 0 Å². The minimum absolute atomic E-state index is 0.121. The van der Waals surface area contributed by atoms with Crippen LogP contribution in [0.5, 0.6) is 0 Å². The Labute approximate surface area is 93.4 Å². The second-order valence-electron chi connectivity index (χ2n) is 3.41. The monoisotopic (exact) mass is 222 g/mol. The van der Waals surface area contributed by atoms with Gasteiger partial charge in [-0.3, -0.25) is 0 Å². The Hall–Kier alpha value is -1.66. The number of hydrogen-bond acceptors (Lipinski definition) is 1. The van der Waals surface area contributed by atoms with Crippen molar-refractivity contribution in [2.45, 2.75) is 12.5 Å². The second kappa shape index (κ2) is 5.43. The molecule has 1 aromatic rings. The van der Waals surface area contributed by atoms with Crippen molar-refractivity contribution >= 4 is 0 Å². The van der Waals surface area contributed by atoms with E-state index in [1.807, 2.05) is 0 Å². The molecule has 0 radical (unpaired) electrons. The minimum atomic E-state index is -1.22. The Morgan fingerprint density at radius 1 is 1.50 bits per heavy atom. The first-order chi connectivity index (χ1) is 7.60. The molecule has 1 N–H and O–H groups in total. The summed E-state index contributed by atoms with van der Waals surface area (Å²) in [7, 11) is 0. The van der Waals surface area contributed by atoms with Gasteiger partial charge < -0.3 is 5.11 Å². The molecule has 16 heavy (non-hydrogen) atoms. The molecular weight excluding hydrogens is 210 g/mol. The Bertz CT molecular complexity index is 420. The summed E-state index contributed by atoms with van der Waals surface area (Å²) in [4.78, 5) is 0. The van der Waals surface area contributed by atoms with Gasteiger partial charge in [-0.15, -0.1) is 13.0 Å². The molecule has 0 spiro atoms. The molecule has 0 aliphatic carbocycles. The Morgan fingerprint density at radius 3 is 2.75 bits per heavy atom. The largest absolute Gasteiger partial charge is 0.387 e. The van der Waals surface area contributed by atoms with Crippen LogP contribution in [0.4, 0.5) is 8.78 Å². The van der Waals surface area contributed by atoms with Gasteiger partial charge in [-0.05, 0) is 24.6 Å². The van der Waals surface area contributed by atoms with Crippen LogP contribution in [0.3, 0.4) is 0 Å². The highest BCUT2D eigenvalue weighted by atomic mass is 19.1. The molecule has 0 aliphatic rings. The molecule has 0 fully saturated rings. The van der Waals surface area contributed by atoms with Crippen LogP contribution in [-0.2, 0) is 0 Å². The molecule has 0 bridgehead atoms. The third kappa shape index (κ3) is 2.68. The van der Waals surface area contributed by atoms with Gasteiger partial charge in [-0.1, -0.05) is 12.0 Å². The first-order valence-corrected chi connectivity index (χ1v) is 4.80. The van der Waals surface area contributed by atoms with E-state index in [4.69, 9.17) is 6.42 Å². The summed E-state index contributed by atoms with van der Waals surface area (Å²) in [6.45, 7) is 3.49. The van der Waals surface area contributed by atoms with Crippen molar-refractivity contribution in [1.29, 1.82) is 0 Å². The van der Waals surface area contributed by atoms with Gasteiger partial charge in [-0.25, -0.2) is 8.78 Å². The van der Waals surface area contributed by atoms with Crippen LogP contribution in [0.15, 0.2) is 30.9 Å². The van der Waals surface area contributed by atoms with E-state index in [0.29, 0.717) is 6.42 Å². The molecule has 0 saturated heterocycles. The van der Waals surface area contributed by atoms with Gasteiger partial charge in [0.1, 0.15) is 11.6 Å². The maximum absolute atomic E-state index is 13.3. The van der Waals surface area contributed by atoms with Crippen molar-refractivity contribution in [2.24, 2.45) is 5.92 Å². The van der Waals surface area contributed by atoms with Crippen molar-refractivity contribution < 1.29 is 13.9 Å². The highest BCUT2D eigenvalue weighted by Gasteiger charge is 2.21. The van der Waals surface area contributed by atoms with Gasteiger partial charge in [0.15, 0.2) is 0 Å². The summed E-state index contributed by atoms with van der Waals surface area (Å²) >= 11 is 0. The fourth-order valence-corrected chi connectivity index (χ4v) is 1.43. The maximum Gasteiger partial charge on any atom is 0.129 e. The summed E-state index contributed by atoms with van der Waals surface area (Å²) in [5, 5.41) is 9.82. The van der Waals surface area contributed by atoms with Crippen molar-refractivity contribution in [3.8, 4) is 12.3 Å². The van der Waals surface area contributed by atoms with E-state index in [1.165, 1.54) is 6.08 Å². The van der Waals surface area contributed by atoms with Crippen molar-refractivity contribution in [3.63, 3.8) is 0 Å². The van der Waals surface area contributed by atoms with Gasteiger partial charge in [-0.2, -0.15) is 0 Å². The zero-order valence-electron chi connectivity index (χ0n) is 8.66. The third-order valence-corrected chi connectivity index (χ3v) is 2.29. The van der Waals surface area contributed by atoms with E-state index in [1.54, 1.807) is 0 Å². The van der Waals surface area contributed by atoms with Crippen LogP contribution in [0, 0.1) is 29.9 Å². The van der Waals surface area contributed by atoms with E-state index in [9.17, 15) is 13.9 Å². The van der Waals surface area contributed by atoms with E-state index in [-0.39, 0.29) is 5.56 Å². The molecule has 0 amide bonds. The third-order valence-electron chi connectivity index (χ3n) is 2.29. The SMILES string of the molecule is C#CC(CC=C)C(O)c1cc(F)ccc1F. The summed E-state index contributed by atoms with van der Waals surface area (Å²) < 4.78 is 26.2. The van der Waals surface area contributed by atoms with Crippen LogP contribution in [0.2, 0.25) is 0 Å². The lowest BCUT2D eigenvalue weighted by atomic mass is 9.93. The average molecular weight is 222 g/mol. The predicted octanol–water partition coefficient (Wildman–Crippen LogP) is 2.82. The number of benzene rings is 1. The number of rotatable bonds is 4. The molecule has 1 nitrogen and oxygen atoms in total. The van der Waals surface area contributed by atoms with Crippen molar-refractivity contribution in [3.05, 3.63) is 48.1 Å². The molecule has 2 atom stereocenters. The predicted molar refractivity (Wildman–Crippen MR) is 58.5 cm³/mol. The number of aliphatic hydroxyl groups excluding tert-OH is 1. The van der Waals surface area contributed by atoms with Gasteiger partial charge >= 0.3 is 0 Å². The molecule has 1 rings (SSSR count). The zero-order valence-corrected chi connectivity index (χ0v) is 8.66. The second-order valence-corrected chi connectivity index (χ2v) is 3.41. The summed E-state index contributed by atoms with van der Waals surface area (Å²) in [6, 6.07) is 2.91. The topological polar surface area (TPSA) is 20.2 Å². The molecule has 3 heteroatoms. The van der Waals surface area contributed by atoms with Gasteiger partial charge in [0.05, 0.1) is 12.0 Å². The molecule has 0 aromatic heterocycles. The first-order valence-electron chi connectivity index (χ1n) is 4.80. The molecule has 1 aromatic carbocycles.